The monoisotopic (exact) mass is 529 g/mol. The number of aliphatic hydroxyl groups is 1. The summed E-state index contributed by atoms with van der Waals surface area (Å²) in [7, 11) is 1.83. The highest BCUT2D eigenvalue weighted by atomic mass is 127. The predicted octanol–water partition coefficient (Wildman–Crippen LogP) is 2.92. The molecule has 0 radical (unpaired) electrons. The fraction of sp³-hybridized carbons (Fsp3) is 0.400. The molecule has 0 amide bonds. The Labute approximate surface area is 192 Å². The van der Waals surface area contributed by atoms with Gasteiger partial charge >= 0.3 is 0 Å². The van der Waals surface area contributed by atoms with E-state index in [0.717, 1.165) is 30.7 Å². The molecule has 0 aliphatic carbocycles. The quantitative estimate of drug-likeness (QED) is 0.226. The third-order valence-electron chi connectivity index (χ3n) is 4.36. The van der Waals surface area contributed by atoms with Crippen LogP contribution in [0, 0.1) is 0 Å². The van der Waals surface area contributed by atoms with Gasteiger partial charge < -0.3 is 20.2 Å². The molecule has 3 aromatic heterocycles. The lowest BCUT2D eigenvalue weighted by Crippen LogP contribution is -2.40. The van der Waals surface area contributed by atoms with E-state index in [1.54, 1.807) is 35.4 Å². The first-order chi connectivity index (χ1) is 13.5. The number of aliphatic imine (C=N–C) groups is 1. The molecule has 0 fully saturated rings. The SMILES string of the molecule is Cn1cc(C(C)(O)CN=C(NCCc2ccco2)NCCc2cccs2)cn1.I. The van der Waals surface area contributed by atoms with E-state index >= 15 is 0 Å². The summed E-state index contributed by atoms with van der Waals surface area (Å²) in [6.45, 7) is 3.43. The zero-order chi connectivity index (χ0) is 19.8. The van der Waals surface area contributed by atoms with Crippen molar-refractivity contribution in [1.82, 2.24) is 20.4 Å². The van der Waals surface area contributed by atoms with E-state index in [1.807, 2.05) is 25.4 Å². The second-order valence-corrected chi connectivity index (χ2v) is 7.89. The molecule has 0 bridgehead atoms. The number of nitrogens with zero attached hydrogens (tertiary/aromatic N) is 3. The van der Waals surface area contributed by atoms with Crippen molar-refractivity contribution >= 4 is 41.3 Å². The Morgan fingerprint density at radius 1 is 1.28 bits per heavy atom. The van der Waals surface area contributed by atoms with Crippen LogP contribution in [-0.4, -0.2) is 40.5 Å². The minimum absolute atomic E-state index is 0. The van der Waals surface area contributed by atoms with E-state index in [0.29, 0.717) is 12.5 Å². The molecule has 0 aliphatic heterocycles. The Morgan fingerprint density at radius 3 is 2.69 bits per heavy atom. The predicted molar refractivity (Wildman–Crippen MR) is 127 cm³/mol. The second kappa shape index (κ2) is 11.4. The van der Waals surface area contributed by atoms with E-state index in [9.17, 15) is 5.11 Å². The molecule has 1 unspecified atom stereocenters. The summed E-state index contributed by atoms with van der Waals surface area (Å²) in [5, 5.41) is 23.7. The normalized spacial score (nSPS) is 13.6. The zero-order valence-corrected chi connectivity index (χ0v) is 19.8. The van der Waals surface area contributed by atoms with E-state index in [2.05, 4.69) is 38.2 Å². The fourth-order valence-corrected chi connectivity index (χ4v) is 3.42. The maximum Gasteiger partial charge on any atom is 0.191 e. The van der Waals surface area contributed by atoms with Gasteiger partial charge in [0, 0.05) is 43.2 Å². The number of hydrogen-bond donors (Lipinski definition) is 3. The maximum absolute atomic E-state index is 10.8. The molecule has 0 aromatic carbocycles. The Balaban J connectivity index is 0.00000300. The molecule has 7 nitrogen and oxygen atoms in total. The Bertz CT molecular complexity index is 817. The first-order valence-corrected chi connectivity index (χ1v) is 10.2. The number of rotatable bonds is 9. The van der Waals surface area contributed by atoms with Gasteiger partial charge in [-0.25, -0.2) is 4.99 Å². The molecular formula is C20H28IN5O2S. The summed E-state index contributed by atoms with van der Waals surface area (Å²) in [6.07, 6.45) is 6.84. The minimum Gasteiger partial charge on any atom is -0.469 e. The van der Waals surface area contributed by atoms with Gasteiger partial charge in [0.25, 0.3) is 0 Å². The number of guanidine groups is 1. The summed E-state index contributed by atoms with van der Waals surface area (Å²) >= 11 is 1.75. The van der Waals surface area contributed by atoms with Gasteiger partial charge in [-0.15, -0.1) is 35.3 Å². The van der Waals surface area contributed by atoms with Gasteiger partial charge in [0.1, 0.15) is 11.4 Å². The molecule has 3 heterocycles. The van der Waals surface area contributed by atoms with E-state index in [1.165, 1.54) is 4.88 Å². The van der Waals surface area contributed by atoms with Crippen LogP contribution in [-0.2, 0) is 25.5 Å². The average Bonchev–Trinajstić information content (AvgIpc) is 3.42. The molecule has 0 spiro atoms. The van der Waals surface area contributed by atoms with Gasteiger partial charge in [-0.3, -0.25) is 4.68 Å². The number of furan rings is 1. The van der Waals surface area contributed by atoms with Crippen molar-refractivity contribution in [2.45, 2.75) is 25.4 Å². The van der Waals surface area contributed by atoms with Crippen LogP contribution in [0.3, 0.4) is 0 Å². The smallest absolute Gasteiger partial charge is 0.191 e. The Hall–Kier alpha value is -1.85. The number of hydrogen-bond acceptors (Lipinski definition) is 5. The minimum atomic E-state index is -1.09. The fourth-order valence-electron chi connectivity index (χ4n) is 2.72. The maximum atomic E-state index is 10.8. The summed E-state index contributed by atoms with van der Waals surface area (Å²) in [6, 6.07) is 8.02. The van der Waals surface area contributed by atoms with Crippen molar-refractivity contribution in [3.63, 3.8) is 0 Å². The molecule has 3 rings (SSSR count). The molecule has 158 valence electrons. The highest BCUT2D eigenvalue weighted by Crippen LogP contribution is 2.19. The summed E-state index contributed by atoms with van der Waals surface area (Å²) in [4.78, 5) is 5.92. The van der Waals surface area contributed by atoms with Crippen LogP contribution >= 0.6 is 35.3 Å². The number of aromatic nitrogens is 2. The largest absolute Gasteiger partial charge is 0.469 e. The molecular weight excluding hydrogens is 501 g/mol. The molecule has 0 aliphatic rings. The number of halogens is 1. The van der Waals surface area contributed by atoms with Crippen molar-refractivity contribution in [2.24, 2.45) is 12.0 Å². The average molecular weight is 529 g/mol. The standard InChI is InChI=1S/C20H27N5O2S.HI/c1-20(26,16-13-24-25(2)14-16)15-23-19(21-9-7-17-5-3-11-27-17)22-10-8-18-6-4-12-28-18;/h3-6,11-14,26H,7-10,15H2,1-2H3,(H2,21,22,23);1H. The van der Waals surface area contributed by atoms with Crippen molar-refractivity contribution < 1.29 is 9.52 Å². The molecule has 1 atom stereocenters. The molecule has 3 aromatic rings. The van der Waals surface area contributed by atoms with Gasteiger partial charge in [-0.2, -0.15) is 5.10 Å². The number of thiophene rings is 1. The number of nitrogens with one attached hydrogen (secondary N) is 2. The van der Waals surface area contributed by atoms with Crippen LogP contribution in [0.5, 0.6) is 0 Å². The van der Waals surface area contributed by atoms with Crippen LogP contribution in [0.25, 0.3) is 0 Å². The van der Waals surface area contributed by atoms with Crippen LogP contribution in [0.1, 0.15) is 23.1 Å². The van der Waals surface area contributed by atoms with Gasteiger partial charge in [0.15, 0.2) is 5.96 Å². The third kappa shape index (κ3) is 7.48. The Morgan fingerprint density at radius 2 is 2.07 bits per heavy atom. The zero-order valence-electron chi connectivity index (χ0n) is 16.7. The molecule has 3 N–H and O–H groups in total. The Kier molecular flexibility index (Phi) is 9.18. The van der Waals surface area contributed by atoms with Crippen molar-refractivity contribution in [1.29, 1.82) is 0 Å². The van der Waals surface area contributed by atoms with Gasteiger partial charge in [0.2, 0.25) is 0 Å². The molecule has 0 saturated heterocycles. The van der Waals surface area contributed by atoms with Gasteiger partial charge in [0.05, 0.1) is 19.0 Å². The van der Waals surface area contributed by atoms with E-state index in [-0.39, 0.29) is 30.5 Å². The summed E-state index contributed by atoms with van der Waals surface area (Å²) < 4.78 is 7.05. The molecule has 9 heteroatoms. The van der Waals surface area contributed by atoms with Crippen LogP contribution in [0.4, 0.5) is 0 Å². The third-order valence-corrected chi connectivity index (χ3v) is 5.30. The van der Waals surface area contributed by atoms with Crippen LogP contribution < -0.4 is 10.6 Å². The topological polar surface area (TPSA) is 87.6 Å². The van der Waals surface area contributed by atoms with E-state index < -0.39 is 5.60 Å². The van der Waals surface area contributed by atoms with E-state index in [4.69, 9.17) is 4.42 Å². The molecule has 29 heavy (non-hydrogen) atoms. The lowest BCUT2D eigenvalue weighted by atomic mass is 10.0. The van der Waals surface area contributed by atoms with Gasteiger partial charge in [-0.1, -0.05) is 6.07 Å². The van der Waals surface area contributed by atoms with Crippen LogP contribution in [0.15, 0.2) is 57.7 Å². The molecule has 0 saturated carbocycles. The second-order valence-electron chi connectivity index (χ2n) is 6.85. The highest BCUT2D eigenvalue weighted by Gasteiger charge is 2.24. The van der Waals surface area contributed by atoms with Crippen LogP contribution in [0.2, 0.25) is 0 Å². The first-order valence-electron chi connectivity index (χ1n) is 9.31. The van der Waals surface area contributed by atoms with Gasteiger partial charge in [-0.05, 0) is 36.9 Å². The summed E-state index contributed by atoms with van der Waals surface area (Å²) in [5.41, 5.74) is -0.343. The van der Waals surface area contributed by atoms with Crippen molar-refractivity contribution in [3.05, 3.63) is 64.5 Å². The lowest BCUT2D eigenvalue weighted by molar-refractivity contribution is 0.0672. The lowest BCUT2D eigenvalue weighted by Gasteiger charge is -2.20. The highest BCUT2D eigenvalue weighted by molar-refractivity contribution is 14.0. The summed E-state index contributed by atoms with van der Waals surface area (Å²) in [5.74, 6) is 1.60. The first kappa shape index (κ1) is 23.4. The van der Waals surface area contributed by atoms with Crippen molar-refractivity contribution in [2.75, 3.05) is 19.6 Å². The number of aryl methyl sites for hydroxylation is 1. The van der Waals surface area contributed by atoms with Crippen molar-refractivity contribution in [3.8, 4) is 0 Å².